The zero-order chi connectivity index (χ0) is 24.1. The van der Waals surface area contributed by atoms with Gasteiger partial charge in [-0.1, -0.05) is 18.2 Å². The lowest BCUT2D eigenvalue weighted by molar-refractivity contribution is -0.384. The molecule has 2 N–H and O–H groups in total. The number of nitro benzene ring substituents is 1. The van der Waals surface area contributed by atoms with E-state index in [0.29, 0.717) is 16.9 Å². The highest BCUT2D eigenvalue weighted by Crippen LogP contribution is 2.28. The van der Waals surface area contributed by atoms with Gasteiger partial charge in [-0.15, -0.1) is 0 Å². The molecule has 0 aromatic heterocycles. The third-order valence-corrected chi connectivity index (χ3v) is 5.79. The fourth-order valence-corrected chi connectivity index (χ4v) is 4.09. The summed E-state index contributed by atoms with van der Waals surface area (Å²) in [6, 6.07) is 18.4. The summed E-state index contributed by atoms with van der Waals surface area (Å²) in [7, 11) is 0. The van der Waals surface area contributed by atoms with E-state index in [1.54, 1.807) is 12.1 Å². The van der Waals surface area contributed by atoms with Crippen molar-refractivity contribution in [1.82, 2.24) is 0 Å². The first-order valence-corrected chi connectivity index (χ1v) is 11.2. The van der Waals surface area contributed by atoms with Gasteiger partial charge in [0, 0.05) is 47.8 Å². The third kappa shape index (κ3) is 5.40. The highest BCUT2D eigenvalue weighted by molar-refractivity contribution is 6.10. The van der Waals surface area contributed by atoms with Crippen molar-refractivity contribution in [3.05, 3.63) is 93.5 Å². The van der Waals surface area contributed by atoms with Crippen molar-refractivity contribution in [1.29, 1.82) is 0 Å². The Hall–Kier alpha value is -4.20. The van der Waals surface area contributed by atoms with Crippen molar-refractivity contribution in [2.45, 2.75) is 26.2 Å². The van der Waals surface area contributed by atoms with E-state index in [1.165, 1.54) is 30.7 Å². The Labute approximate surface area is 197 Å². The summed E-state index contributed by atoms with van der Waals surface area (Å²) in [6.45, 7) is 3.69. The van der Waals surface area contributed by atoms with E-state index in [-0.39, 0.29) is 17.2 Å². The van der Waals surface area contributed by atoms with E-state index < -0.39 is 10.8 Å². The minimum atomic E-state index is -0.544. The topological polar surface area (TPSA) is 105 Å². The highest BCUT2D eigenvalue weighted by atomic mass is 16.6. The molecule has 0 saturated carbocycles. The van der Waals surface area contributed by atoms with Gasteiger partial charge in [-0.2, -0.15) is 0 Å². The van der Waals surface area contributed by atoms with Crippen molar-refractivity contribution in [3.63, 3.8) is 0 Å². The zero-order valence-electron chi connectivity index (χ0n) is 18.9. The average Bonchev–Trinajstić information content (AvgIpc) is 2.84. The SMILES string of the molecule is Cc1cccc(NC(=O)c2cc(NC(=O)c3cccc([N+](=O)[O-])c3)ccc2N2CCCCC2)c1. The number of carbonyl (C=O) groups excluding carboxylic acids is 2. The molecule has 0 atom stereocenters. The van der Waals surface area contributed by atoms with E-state index in [0.717, 1.165) is 37.2 Å². The van der Waals surface area contributed by atoms with E-state index >= 15 is 0 Å². The van der Waals surface area contributed by atoms with Gasteiger partial charge in [-0.25, -0.2) is 0 Å². The summed E-state index contributed by atoms with van der Waals surface area (Å²) in [4.78, 5) is 38.7. The molecule has 8 heteroatoms. The van der Waals surface area contributed by atoms with Gasteiger partial charge < -0.3 is 15.5 Å². The molecule has 0 bridgehead atoms. The molecule has 1 aliphatic heterocycles. The minimum Gasteiger partial charge on any atom is -0.371 e. The van der Waals surface area contributed by atoms with Crippen molar-refractivity contribution < 1.29 is 14.5 Å². The van der Waals surface area contributed by atoms with E-state index in [1.807, 2.05) is 37.3 Å². The molecule has 3 aromatic rings. The standard InChI is InChI=1S/C26H26N4O4/c1-18-7-5-9-20(15-18)28-26(32)23-17-21(11-12-24(23)29-13-3-2-4-14-29)27-25(31)19-8-6-10-22(16-19)30(33)34/h5-12,15-17H,2-4,13-14H2,1H3,(H,27,31)(H,28,32). The minimum absolute atomic E-state index is 0.161. The predicted octanol–water partition coefficient (Wildman–Crippen LogP) is 5.40. The molecule has 0 spiro atoms. The van der Waals surface area contributed by atoms with Gasteiger partial charge in [0.15, 0.2) is 0 Å². The molecular formula is C26H26N4O4. The molecule has 174 valence electrons. The van der Waals surface area contributed by atoms with Crippen LogP contribution in [0.1, 0.15) is 45.5 Å². The fraction of sp³-hybridized carbons (Fsp3) is 0.231. The number of nitro groups is 1. The van der Waals surface area contributed by atoms with Crippen LogP contribution in [0.15, 0.2) is 66.7 Å². The first kappa shape index (κ1) is 23.0. The zero-order valence-corrected chi connectivity index (χ0v) is 18.9. The van der Waals surface area contributed by atoms with Crippen LogP contribution in [0.4, 0.5) is 22.7 Å². The van der Waals surface area contributed by atoms with Crippen LogP contribution >= 0.6 is 0 Å². The predicted molar refractivity (Wildman–Crippen MR) is 133 cm³/mol. The number of nitrogens with one attached hydrogen (secondary N) is 2. The molecule has 34 heavy (non-hydrogen) atoms. The Balaban J connectivity index is 1.62. The van der Waals surface area contributed by atoms with Crippen LogP contribution in [-0.2, 0) is 0 Å². The largest absolute Gasteiger partial charge is 0.371 e. The van der Waals surface area contributed by atoms with Crippen molar-refractivity contribution in [2.75, 3.05) is 28.6 Å². The monoisotopic (exact) mass is 458 g/mol. The van der Waals surface area contributed by atoms with E-state index in [4.69, 9.17) is 0 Å². The van der Waals surface area contributed by atoms with Gasteiger partial charge in [0.25, 0.3) is 17.5 Å². The van der Waals surface area contributed by atoms with Gasteiger partial charge in [-0.05, 0) is 68.1 Å². The summed E-state index contributed by atoms with van der Waals surface area (Å²) < 4.78 is 0. The number of aryl methyl sites for hydroxylation is 1. The lowest BCUT2D eigenvalue weighted by Gasteiger charge is -2.30. The number of nitrogens with zero attached hydrogens (tertiary/aromatic N) is 2. The first-order valence-electron chi connectivity index (χ1n) is 11.2. The highest BCUT2D eigenvalue weighted by Gasteiger charge is 2.20. The summed E-state index contributed by atoms with van der Waals surface area (Å²) in [5.74, 6) is -0.753. The third-order valence-electron chi connectivity index (χ3n) is 5.79. The number of carbonyl (C=O) groups is 2. The molecule has 1 fully saturated rings. The average molecular weight is 459 g/mol. The normalized spacial score (nSPS) is 13.3. The molecule has 0 unspecified atom stereocenters. The molecule has 1 aliphatic rings. The van der Waals surface area contributed by atoms with E-state index in [9.17, 15) is 19.7 Å². The van der Waals surface area contributed by atoms with Gasteiger partial charge in [-0.3, -0.25) is 19.7 Å². The fourth-order valence-electron chi connectivity index (χ4n) is 4.09. The molecule has 3 aromatic carbocycles. The molecule has 2 amide bonds. The van der Waals surface area contributed by atoms with E-state index in [2.05, 4.69) is 15.5 Å². The quantitative estimate of drug-likeness (QED) is 0.380. The number of benzene rings is 3. The summed E-state index contributed by atoms with van der Waals surface area (Å²) in [5, 5.41) is 16.8. The van der Waals surface area contributed by atoms with Crippen molar-refractivity contribution in [3.8, 4) is 0 Å². The van der Waals surface area contributed by atoms with Crippen LogP contribution in [0.2, 0.25) is 0 Å². The maximum atomic E-state index is 13.3. The summed E-state index contributed by atoms with van der Waals surface area (Å²) in [6.07, 6.45) is 3.28. The van der Waals surface area contributed by atoms with Gasteiger partial charge in [0.05, 0.1) is 10.5 Å². The second kappa shape index (κ2) is 10.2. The molecule has 4 rings (SSSR count). The molecule has 0 aliphatic carbocycles. The van der Waals surface area contributed by atoms with Crippen LogP contribution < -0.4 is 15.5 Å². The Morgan fingerprint density at radius 2 is 1.56 bits per heavy atom. The number of non-ortho nitro benzene ring substituents is 1. The Morgan fingerprint density at radius 1 is 0.853 bits per heavy atom. The number of anilines is 3. The smallest absolute Gasteiger partial charge is 0.270 e. The van der Waals surface area contributed by atoms with Crippen LogP contribution in [0.25, 0.3) is 0 Å². The number of hydrogen-bond donors (Lipinski definition) is 2. The molecule has 8 nitrogen and oxygen atoms in total. The Morgan fingerprint density at radius 3 is 2.29 bits per heavy atom. The summed E-state index contributed by atoms with van der Waals surface area (Å²) in [5.41, 5.74) is 3.45. The lowest BCUT2D eigenvalue weighted by Crippen LogP contribution is -2.31. The lowest BCUT2D eigenvalue weighted by atomic mass is 10.1. The van der Waals surface area contributed by atoms with Gasteiger partial charge in [0.2, 0.25) is 0 Å². The van der Waals surface area contributed by atoms with Gasteiger partial charge >= 0.3 is 0 Å². The first-order chi connectivity index (χ1) is 16.4. The van der Waals surface area contributed by atoms with Gasteiger partial charge in [0.1, 0.15) is 0 Å². The summed E-state index contributed by atoms with van der Waals surface area (Å²) >= 11 is 0. The maximum Gasteiger partial charge on any atom is 0.270 e. The maximum absolute atomic E-state index is 13.3. The van der Waals surface area contributed by atoms with Crippen LogP contribution in [0.3, 0.4) is 0 Å². The number of hydrogen-bond acceptors (Lipinski definition) is 5. The van der Waals surface area contributed by atoms with Crippen molar-refractivity contribution in [2.24, 2.45) is 0 Å². The van der Waals surface area contributed by atoms with Crippen LogP contribution in [0.5, 0.6) is 0 Å². The van der Waals surface area contributed by atoms with Crippen LogP contribution in [0, 0.1) is 17.0 Å². The Kier molecular flexibility index (Phi) is 6.87. The molecule has 1 saturated heterocycles. The molecular weight excluding hydrogens is 432 g/mol. The molecule has 0 radical (unpaired) electrons. The number of piperidine rings is 1. The molecule has 1 heterocycles. The van der Waals surface area contributed by atoms with Crippen LogP contribution in [-0.4, -0.2) is 29.8 Å². The number of rotatable bonds is 6. The van der Waals surface area contributed by atoms with Crippen molar-refractivity contribution >= 4 is 34.6 Å². The Bertz CT molecular complexity index is 1230. The second-order valence-corrected chi connectivity index (χ2v) is 8.36. The number of amides is 2. The second-order valence-electron chi connectivity index (χ2n) is 8.36.